The molecule has 4 rings (SSSR count). The fourth-order valence-corrected chi connectivity index (χ4v) is 4.13. The van der Waals surface area contributed by atoms with Gasteiger partial charge in [-0.3, -0.25) is 4.79 Å². The molecule has 29 heavy (non-hydrogen) atoms. The largest absolute Gasteiger partial charge is 0.433 e. The van der Waals surface area contributed by atoms with E-state index in [9.17, 15) is 18.0 Å². The van der Waals surface area contributed by atoms with Crippen LogP contribution in [0.4, 0.5) is 13.2 Å². The van der Waals surface area contributed by atoms with Gasteiger partial charge in [0.15, 0.2) is 17.0 Å². The van der Waals surface area contributed by atoms with Crippen LogP contribution in [0.5, 0.6) is 0 Å². The molecule has 1 aliphatic heterocycles. The molecule has 0 aliphatic carbocycles. The maximum absolute atomic E-state index is 13.8. The average Bonchev–Trinajstić information content (AvgIpc) is 3.03. The van der Waals surface area contributed by atoms with E-state index in [0.717, 1.165) is 25.3 Å². The highest BCUT2D eigenvalue weighted by molar-refractivity contribution is 9.10. The minimum absolute atomic E-state index is 0.0166. The minimum atomic E-state index is -4.66. The quantitative estimate of drug-likeness (QED) is 0.521. The summed E-state index contributed by atoms with van der Waals surface area (Å²) in [6.45, 7) is 2.50. The molecule has 0 N–H and O–H groups in total. The molecule has 1 saturated heterocycles. The van der Waals surface area contributed by atoms with Gasteiger partial charge in [-0.1, -0.05) is 30.3 Å². The number of nitrogens with zero attached hydrogens (tertiary/aromatic N) is 4. The number of carbonyl (C=O) groups excluding carboxylic acids is 1. The lowest BCUT2D eigenvalue weighted by molar-refractivity contribution is -0.142. The van der Waals surface area contributed by atoms with Gasteiger partial charge in [0.1, 0.15) is 0 Å². The van der Waals surface area contributed by atoms with E-state index in [1.807, 2.05) is 6.92 Å². The molecule has 3 aromatic rings. The van der Waals surface area contributed by atoms with E-state index in [1.54, 1.807) is 35.2 Å². The van der Waals surface area contributed by atoms with E-state index in [0.29, 0.717) is 16.6 Å². The number of hydrogen-bond acceptors (Lipinski definition) is 3. The Bertz CT molecular complexity index is 1070. The Morgan fingerprint density at radius 1 is 1.21 bits per heavy atom. The lowest BCUT2D eigenvalue weighted by Crippen LogP contribution is -2.42. The predicted octanol–water partition coefficient (Wildman–Crippen LogP) is 5.19. The second kappa shape index (κ2) is 7.44. The van der Waals surface area contributed by atoms with E-state index in [4.69, 9.17) is 0 Å². The van der Waals surface area contributed by atoms with Crippen LogP contribution in [0.2, 0.25) is 0 Å². The molecule has 3 heterocycles. The minimum Gasteiger partial charge on any atom is -0.335 e. The van der Waals surface area contributed by atoms with Crippen molar-refractivity contribution in [3.8, 4) is 11.3 Å². The Labute approximate surface area is 173 Å². The highest BCUT2D eigenvalue weighted by Gasteiger charge is 2.37. The summed E-state index contributed by atoms with van der Waals surface area (Å²) in [5.74, 6) is -0.385. The molecule has 5 nitrogen and oxygen atoms in total. The summed E-state index contributed by atoms with van der Waals surface area (Å²) in [6, 6.07) is 9.58. The Kier molecular flexibility index (Phi) is 5.10. The summed E-state index contributed by atoms with van der Waals surface area (Å²) in [5, 5.41) is 4.02. The van der Waals surface area contributed by atoms with Gasteiger partial charge in [-0.15, -0.1) is 0 Å². The van der Waals surface area contributed by atoms with Gasteiger partial charge in [0.25, 0.3) is 5.91 Å². The number of alkyl halides is 3. The average molecular weight is 467 g/mol. The molecule has 0 bridgehead atoms. The van der Waals surface area contributed by atoms with E-state index >= 15 is 0 Å². The molecular weight excluding hydrogens is 449 g/mol. The number of aromatic nitrogens is 3. The van der Waals surface area contributed by atoms with E-state index in [1.165, 1.54) is 0 Å². The van der Waals surface area contributed by atoms with Gasteiger partial charge in [0, 0.05) is 18.2 Å². The third-order valence-electron chi connectivity index (χ3n) is 5.16. The first-order valence-corrected chi connectivity index (χ1v) is 10.1. The predicted molar refractivity (Wildman–Crippen MR) is 105 cm³/mol. The van der Waals surface area contributed by atoms with Crippen molar-refractivity contribution in [2.75, 3.05) is 6.54 Å². The zero-order valence-electron chi connectivity index (χ0n) is 15.6. The zero-order chi connectivity index (χ0) is 20.8. The second-order valence-electron chi connectivity index (χ2n) is 7.13. The van der Waals surface area contributed by atoms with Crippen molar-refractivity contribution in [3.05, 3.63) is 52.3 Å². The number of amides is 1. The van der Waals surface area contributed by atoms with Crippen LogP contribution < -0.4 is 0 Å². The van der Waals surface area contributed by atoms with Gasteiger partial charge in [-0.05, 0) is 48.2 Å². The van der Waals surface area contributed by atoms with E-state index in [2.05, 4.69) is 26.0 Å². The Morgan fingerprint density at radius 3 is 2.59 bits per heavy atom. The monoisotopic (exact) mass is 466 g/mol. The van der Waals surface area contributed by atoms with Crippen LogP contribution in [0.15, 0.2) is 40.9 Å². The summed E-state index contributed by atoms with van der Waals surface area (Å²) >= 11 is 3.29. The third kappa shape index (κ3) is 3.63. The van der Waals surface area contributed by atoms with Crippen LogP contribution in [0, 0.1) is 0 Å². The van der Waals surface area contributed by atoms with Crippen molar-refractivity contribution in [1.82, 2.24) is 19.5 Å². The molecule has 0 spiro atoms. The maximum Gasteiger partial charge on any atom is 0.433 e. The van der Waals surface area contributed by atoms with Crippen LogP contribution in [0.1, 0.15) is 42.4 Å². The first-order valence-electron chi connectivity index (χ1n) is 9.30. The number of carbonyl (C=O) groups is 1. The van der Waals surface area contributed by atoms with Crippen LogP contribution in [-0.2, 0) is 6.18 Å². The summed E-state index contributed by atoms with van der Waals surface area (Å²) in [7, 11) is 0. The lowest BCUT2D eigenvalue weighted by atomic mass is 10.0. The Balaban J connectivity index is 1.89. The van der Waals surface area contributed by atoms with Crippen molar-refractivity contribution in [1.29, 1.82) is 0 Å². The highest BCUT2D eigenvalue weighted by atomic mass is 79.9. The van der Waals surface area contributed by atoms with E-state index in [-0.39, 0.29) is 33.5 Å². The first-order chi connectivity index (χ1) is 13.8. The van der Waals surface area contributed by atoms with Crippen LogP contribution in [0.3, 0.4) is 0 Å². The number of fused-ring (bicyclic) bond motifs is 1. The van der Waals surface area contributed by atoms with Crippen LogP contribution >= 0.6 is 15.9 Å². The molecular formula is C20H18BrF3N4O. The molecule has 1 amide bonds. The number of piperidine rings is 1. The van der Waals surface area contributed by atoms with Gasteiger partial charge in [0.05, 0.1) is 10.2 Å². The lowest BCUT2D eigenvalue weighted by Gasteiger charge is -2.32. The van der Waals surface area contributed by atoms with Crippen molar-refractivity contribution >= 4 is 27.5 Å². The first kappa shape index (κ1) is 19.9. The molecule has 0 saturated carbocycles. The molecule has 1 aromatic carbocycles. The van der Waals surface area contributed by atoms with Crippen molar-refractivity contribution in [3.63, 3.8) is 0 Å². The van der Waals surface area contributed by atoms with Gasteiger partial charge >= 0.3 is 6.18 Å². The number of halogens is 4. The SMILES string of the molecule is CC1CCCCN1C(=O)c1nn2c(C(F)(F)F)cc(-c3ccccc3)nc2c1Br. The van der Waals surface area contributed by atoms with E-state index < -0.39 is 11.9 Å². The fourth-order valence-electron chi connectivity index (χ4n) is 3.62. The molecule has 1 unspecified atom stereocenters. The molecule has 1 aliphatic rings. The summed E-state index contributed by atoms with van der Waals surface area (Å²) in [5.41, 5.74) is -0.357. The third-order valence-corrected chi connectivity index (χ3v) is 5.89. The summed E-state index contributed by atoms with van der Waals surface area (Å²) in [4.78, 5) is 19.1. The summed E-state index contributed by atoms with van der Waals surface area (Å²) in [6.07, 6.45) is -1.90. The molecule has 0 radical (unpaired) electrons. The number of likely N-dealkylation sites (tertiary alicyclic amines) is 1. The van der Waals surface area contributed by atoms with Gasteiger partial charge < -0.3 is 4.90 Å². The van der Waals surface area contributed by atoms with Gasteiger partial charge in [-0.25, -0.2) is 9.50 Å². The topological polar surface area (TPSA) is 50.5 Å². The number of rotatable bonds is 2. The Morgan fingerprint density at radius 2 is 1.93 bits per heavy atom. The van der Waals surface area contributed by atoms with Crippen LogP contribution in [0.25, 0.3) is 16.9 Å². The molecule has 1 atom stereocenters. The maximum atomic E-state index is 13.8. The van der Waals surface area contributed by atoms with Crippen molar-refractivity contribution < 1.29 is 18.0 Å². The fraction of sp³-hybridized carbons (Fsp3) is 0.350. The normalized spacial score (nSPS) is 17.7. The molecule has 1 fully saturated rings. The second-order valence-corrected chi connectivity index (χ2v) is 7.92. The van der Waals surface area contributed by atoms with Gasteiger partial charge in [-0.2, -0.15) is 18.3 Å². The zero-order valence-corrected chi connectivity index (χ0v) is 17.2. The molecule has 152 valence electrons. The van der Waals surface area contributed by atoms with Crippen LogP contribution in [-0.4, -0.2) is 38.0 Å². The van der Waals surface area contributed by atoms with Gasteiger partial charge in [0.2, 0.25) is 0 Å². The number of hydrogen-bond donors (Lipinski definition) is 0. The van der Waals surface area contributed by atoms with Crippen molar-refractivity contribution in [2.45, 2.75) is 38.4 Å². The molecule has 9 heteroatoms. The highest BCUT2D eigenvalue weighted by Crippen LogP contribution is 2.35. The van der Waals surface area contributed by atoms with Crippen molar-refractivity contribution in [2.24, 2.45) is 0 Å². The Hall–Kier alpha value is -2.42. The standard InChI is InChI=1S/C20H18BrF3N4O/c1-12-7-5-6-10-27(12)19(29)17-16(21)18-25-14(13-8-3-2-4-9-13)11-15(20(22,23)24)28(18)26-17/h2-4,8-9,11-12H,5-7,10H2,1H3. The summed E-state index contributed by atoms with van der Waals surface area (Å²) < 4.78 is 42.2. The molecule has 2 aromatic heterocycles. The smallest absolute Gasteiger partial charge is 0.335 e. The number of benzene rings is 1.